The predicted octanol–water partition coefficient (Wildman–Crippen LogP) is 3.35. The van der Waals surface area contributed by atoms with Crippen molar-refractivity contribution in [3.05, 3.63) is 23.9 Å². The Hall–Kier alpha value is -2.18. The van der Waals surface area contributed by atoms with Gasteiger partial charge < -0.3 is 10.1 Å². The average molecular weight is 400 g/mol. The Kier molecular flexibility index (Phi) is 5.25. The van der Waals surface area contributed by atoms with E-state index in [1.165, 1.54) is 18.2 Å². The van der Waals surface area contributed by atoms with Crippen LogP contribution in [0.25, 0.3) is 0 Å². The molecule has 2 aromatic rings. The molecule has 9 heteroatoms. The Balaban J connectivity index is 1.47. The van der Waals surface area contributed by atoms with Gasteiger partial charge >= 0.3 is 0 Å². The Morgan fingerprint density at radius 1 is 1.36 bits per heavy atom. The molecular weight excluding hydrogens is 374 g/mol. The summed E-state index contributed by atoms with van der Waals surface area (Å²) in [5, 5.41) is 18.2. The molecule has 2 aliphatic rings. The third-order valence-electron chi connectivity index (χ3n) is 5.94. The van der Waals surface area contributed by atoms with Crippen molar-refractivity contribution in [1.82, 2.24) is 24.7 Å². The molecule has 0 radical (unpaired) electrons. The quantitative estimate of drug-likeness (QED) is 0.603. The number of nitrogens with zero attached hydrogens (tertiary/aromatic N) is 6. The zero-order valence-electron chi connectivity index (χ0n) is 16.4. The molecule has 148 valence electrons. The van der Waals surface area contributed by atoms with Crippen molar-refractivity contribution in [2.75, 3.05) is 18.2 Å². The number of anilines is 1. The highest BCUT2D eigenvalue weighted by molar-refractivity contribution is 7.98. The predicted molar refractivity (Wildman–Crippen MR) is 106 cm³/mol. The first-order valence-electron chi connectivity index (χ1n) is 9.63. The molecule has 1 aliphatic carbocycles. The van der Waals surface area contributed by atoms with Crippen molar-refractivity contribution >= 4 is 17.6 Å². The maximum atomic E-state index is 9.36. The van der Waals surface area contributed by atoms with Gasteiger partial charge in [0.15, 0.2) is 17.2 Å². The zero-order valence-corrected chi connectivity index (χ0v) is 17.2. The second kappa shape index (κ2) is 7.68. The summed E-state index contributed by atoms with van der Waals surface area (Å²) in [5.41, 5.74) is 0.408. The van der Waals surface area contributed by atoms with Crippen LogP contribution >= 0.6 is 11.8 Å². The summed E-state index contributed by atoms with van der Waals surface area (Å²) in [6.07, 6.45) is 9.48. The summed E-state index contributed by atoms with van der Waals surface area (Å²) < 4.78 is 7.68. The lowest BCUT2D eigenvalue weighted by Crippen LogP contribution is -2.52. The van der Waals surface area contributed by atoms with Crippen LogP contribution in [0.2, 0.25) is 0 Å². The summed E-state index contributed by atoms with van der Waals surface area (Å²) >= 11 is 1.46. The third kappa shape index (κ3) is 3.47. The second-order valence-electron chi connectivity index (χ2n) is 7.94. The number of hydrogen-bond acceptors (Lipinski definition) is 8. The average Bonchev–Trinajstić information content (AvgIpc) is 3.20. The molecule has 28 heavy (non-hydrogen) atoms. The molecule has 1 unspecified atom stereocenters. The highest BCUT2D eigenvalue weighted by Crippen LogP contribution is 2.52. The maximum absolute atomic E-state index is 9.36. The highest BCUT2D eigenvalue weighted by Gasteiger charge is 2.51. The molecule has 4 rings (SSSR count). The van der Waals surface area contributed by atoms with Crippen LogP contribution < -0.4 is 5.32 Å². The number of ether oxygens (including phenoxy) is 1. The molecule has 3 atom stereocenters. The summed E-state index contributed by atoms with van der Waals surface area (Å²) in [5.74, 6) is 1.72. The molecule has 0 spiro atoms. The van der Waals surface area contributed by atoms with Crippen molar-refractivity contribution in [1.29, 1.82) is 5.26 Å². The Morgan fingerprint density at radius 2 is 2.21 bits per heavy atom. The van der Waals surface area contributed by atoms with Crippen LogP contribution in [0.4, 0.5) is 5.82 Å². The van der Waals surface area contributed by atoms with Gasteiger partial charge in [-0.3, -0.25) is 0 Å². The van der Waals surface area contributed by atoms with Crippen LogP contribution in [0.1, 0.15) is 63.1 Å². The number of thioether (sulfide) groups is 1. The highest BCUT2D eigenvalue weighted by atomic mass is 32.2. The second-order valence-corrected chi connectivity index (χ2v) is 8.71. The van der Waals surface area contributed by atoms with Crippen LogP contribution in [0.3, 0.4) is 0 Å². The van der Waals surface area contributed by atoms with E-state index in [-0.39, 0.29) is 23.6 Å². The van der Waals surface area contributed by atoms with Gasteiger partial charge in [0.05, 0.1) is 6.20 Å². The minimum Gasteiger partial charge on any atom is -0.366 e. The molecule has 1 saturated heterocycles. The molecular formula is C19H25N7OS. The van der Waals surface area contributed by atoms with E-state index in [2.05, 4.69) is 40.2 Å². The molecule has 1 N–H and O–H groups in total. The number of nitrogens with one attached hydrogen (secondary N) is 1. The minimum absolute atomic E-state index is 0.0104. The first-order chi connectivity index (χ1) is 13.5. The van der Waals surface area contributed by atoms with Gasteiger partial charge in [-0.2, -0.15) is 10.4 Å². The van der Waals surface area contributed by atoms with Crippen molar-refractivity contribution < 1.29 is 4.74 Å². The monoisotopic (exact) mass is 399 g/mol. The number of hydrogen-bond donors (Lipinski definition) is 1. The Bertz CT molecular complexity index is 885. The number of nitriles is 1. The minimum atomic E-state index is -0.0587. The molecule has 2 aromatic heterocycles. The van der Waals surface area contributed by atoms with E-state index >= 15 is 0 Å². The lowest BCUT2D eigenvalue weighted by molar-refractivity contribution is -0.0402. The molecule has 1 saturated carbocycles. The van der Waals surface area contributed by atoms with Gasteiger partial charge in [-0.15, -0.1) is 0 Å². The van der Waals surface area contributed by atoms with Crippen LogP contribution in [0.15, 0.2) is 17.7 Å². The summed E-state index contributed by atoms with van der Waals surface area (Å²) in [6.45, 7) is 5.21. The topological polar surface area (TPSA) is 102 Å². The maximum Gasteiger partial charge on any atom is 0.189 e. The molecule has 0 bridgehead atoms. The van der Waals surface area contributed by atoms with E-state index in [1.54, 1.807) is 12.5 Å². The SMILES string of the molecule is CSc1ncc(C#N)c(N[C@@H]2C[C@H](c3ncn(C4CCCCO4)n3)C2(C)C)n1. The van der Waals surface area contributed by atoms with E-state index in [4.69, 9.17) is 9.84 Å². The molecule has 0 amide bonds. The van der Waals surface area contributed by atoms with E-state index in [0.717, 1.165) is 31.7 Å². The molecule has 0 aromatic carbocycles. The fourth-order valence-electron chi connectivity index (χ4n) is 3.95. The standard InChI is InChI=1S/C19H25N7OS/c1-19(2)13(17-22-11-26(25-17)15-6-4-5-7-27-15)8-14(19)23-16-12(9-20)10-21-18(24-16)28-3/h10-11,13-15H,4-8H2,1-3H3,(H,21,23,24)/t13-,14-,15?/m1/s1. The molecule has 8 nitrogen and oxygen atoms in total. The molecule has 1 aliphatic heterocycles. The Morgan fingerprint density at radius 3 is 2.89 bits per heavy atom. The fraction of sp³-hybridized carbons (Fsp3) is 0.632. The first kappa shape index (κ1) is 19.2. The van der Waals surface area contributed by atoms with E-state index in [1.807, 2.05) is 10.9 Å². The summed E-state index contributed by atoms with van der Waals surface area (Å²) in [7, 11) is 0. The van der Waals surface area contributed by atoms with Crippen LogP contribution in [-0.4, -0.2) is 43.6 Å². The van der Waals surface area contributed by atoms with E-state index in [0.29, 0.717) is 16.5 Å². The van der Waals surface area contributed by atoms with Crippen LogP contribution in [0.5, 0.6) is 0 Å². The van der Waals surface area contributed by atoms with Gasteiger partial charge in [-0.25, -0.2) is 19.6 Å². The van der Waals surface area contributed by atoms with Gasteiger partial charge in [-0.05, 0) is 37.4 Å². The van der Waals surface area contributed by atoms with Crippen molar-refractivity contribution in [2.24, 2.45) is 5.41 Å². The van der Waals surface area contributed by atoms with Gasteiger partial charge in [-0.1, -0.05) is 25.6 Å². The lowest BCUT2D eigenvalue weighted by atomic mass is 9.58. The fourth-order valence-corrected chi connectivity index (χ4v) is 4.29. The Labute approximate surface area is 169 Å². The lowest BCUT2D eigenvalue weighted by Gasteiger charge is -2.51. The van der Waals surface area contributed by atoms with Gasteiger partial charge in [0.25, 0.3) is 0 Å². The van der Waals surface area contributed by atoms with E-state index in [9.17, 15) is 5.26 Å². The van der Waals surface area contributed by atoms with Crippen LogP contribution in [-0.2, 0) is 4.74 Å². The molecule has 3 heterocycles. The van der Waals surface area contributed by atoms with Gasteiger partial charge in [0, 0.05) is 18.6 Å². The zero-order chi connectivity index (χ0) is 19.7. The first-order valence-corrected chi connectivity index (χ1v) is 10.9. The van der Waals surface area contributed by atoms with Crippen molar-refractivity contribution in [3.63, 3.8) is 0 Å². The van der Waals surface area contributed by atoms with Crippen LogP contribution in [0, 0.1) is 16.7 Å². The van der Waals surface area contributed by atoms with E-state index < -0.39 is 0 Å². The van der Waals surface area contributed by atoms with Crippen molar-refractivity contribution in [2.45, 2.75) is 62.9 Å². The number of rotatable bonds is 5. The number of aromatic nitrogens is 5. The van der Waals surface area contributed by atoms with Crippen molar-refractivity contribution in [3.8, 4) is 6.07 Å². The third-order valence-corrected chi connectivity index (χ3v) is 6.50. The molecule has 2 fully saturated rings. The summed E-state index contributed by atoms with van der Waals surface area (Å²) in [6, 6.07) is 2.36. The van der Waals surface area contributed by atoms with Gasteiger partial charge in [0.2, 0.25) is 0 Å². The smallest absolute Gasteiger partial charge is 0.189 e. The van der Waals surface area contributed by atoms with Gasteiger partial charge in [0.1, 0.15) is 23.8 Å². The largest absolute Gasteiger partial charge is 0.366 e. The summed E-state index contributed by atoms with van der Waals surface area (Å²) in [4.78, 5) is 13.2. The normalized spacial score (nSPS) is 26.3.